The highest BCUT2D eigenvalue weighted by molar-refractivity contribution is 5.06. The molecule has 0 aromatic heterocycles. The van der Waals surface area contributed by atoms with Crippen LogP contribution in [-0.2, 0) is 9.47 Å². The van der Waals surface area contributed by atoms with Crippen LogP contribution in [0, 0.1) is 0 Å². The average molecular weight is 296 g/mol. The molecule has 1 rings (SSSR count). The SMILES string of the molecule is CC(C)(OC1CCCO1)C(O)(C(F)(F)F)C(F)(F)F. The van der Waals surface area contributed by atoms with E-state index in [2.05, 4.69) is 0 Å². The minimum atomic E-state index is -5.92. The minimum Gasteiger partial charge on any atom is -0.371 e. The Morgan fingerprint density at radius 2 is 1.53 bits per heavy atom. The van der Waals surface area contributed by atoms with Crippen LogP contribution in [0.25, 0.3) is 0 Å². The van der Waals surface area contributed by atoms with Gasteiger partial charge >= 0.3 is 12.4 Å². The number of hydrogen-bond donors (Lipinski definition) is 1. The molecule has 1 aliphatic heterocycles. The largest absolute Gasteiger partial charge is 0.429 e. The molecule has 1 unspecified atom stereocenters. The molecular weight excluding hydrogens is 282 g/mol. The summed E-state index contributed by atoms with van der Waals surface area (Å²) >= 11 is 0. The molecule has 1 atom stereocenters. The van der Waals surface area contributed by atoms with Crippen LogP contribution in [0.15, 0.2) is 0 Å². The topological polar surface area (TPSA) is 38.7 Å². The van der Waals surface area contributed by atoms with E-state index in [0.29, 0.717) is 20.3 Å². The van der Waals surface area contributed by atoms with Crippen molar-refractivity contribution in [3.8, 4) is 0 Å². The number of hydrogen-bond acceptors (Lipinski definition) is 3. The maximum Gasteiger partial charge on any atom is 0.429 e. The highest BCUT2D eigenvalue weighted by atomic mass is 19.4. The van der Waals surface area contributed by atoms with E-state index in [0.717, 1.165) is 0 Å². The number of halogens is 6. The van der Waals surface area contributed by atoms with Crippen molar-refractivity contribution in [1.29, 1.82) is 0 Å². The van der Waals surface area contributed by atoms with Crippen LogP contribution in [0.5, 0.6) is 0 Å². The van der Waals surface area contributed by atoms with Crippen LogP contribution >= 0.6 is 0 Å². The smallest absolute Gasteiger partial charge is 0.371 e. The summed E-state index contributed by atoms with van der Waals surface area (Å²) in [5.74, 6) is 0. The van der Waals surface area contributed by atoms with Crippen molar-refractivity contribution in [2.75, 3.05) is 6.61 Å². The van der Waals surface area contributed by atoms with E-state index >= 15 is 0 Å². The zero-order valence-corrected chi connectivity index (χ0v) is 10.2. The lowest BCUT2D eigenvalue weighted by atomic mass is 9.84. The molecule has 0 aromatic carbocycles. The summed E-state index contributed by atoms with van der Waals surface area (Å²) in [7, 11) is 0. The van der Waals surface area contributed by atoms with E-state index < -0.39 is 29.8 Å². The van der Waals surface area contributed by atoms with Gasteiger partial charge < -0.3 is 14.6 Å². The summed E-state index contributed by atoms with van der Waals surface area (Å²) < 4.78 is 85.6. The van der Waals surface area contributed by atoms with Crippen molar-refractivity contribution >= 4 is 0 Å². The van der Waals surface area contributed by atoms with Crippen molar-refractivity contribution in [1.82, 2.24) is 0 Å². The Hall–Kier alpha value is -0.540. The van der Waals surface area contributed by atoms with Crippen LogP contribution < -0.4 is 0 Å². The Morgan fingerprint density at radius 1 is 1.05 bits per heavy atom. The van der Waals surface area contributed by atoms with Gasteiger partial charge in [-0.1, -0.05) is 0 Å². The van der Waals surface area contributed by atoms with E-state index in [1.54, 1.807) is 0 Å². The first-order valence-electron chi connectivity index (χ1n) is 5.48. The van der Waals surface area contributed by atoms with Gasteiger partial charge in [0.1, 0.15) is 5.60 Å². The van der Waals surface area contributed by atoms with Gasteiger partial charge in [0.05, 0.1) is 0 Å². The molecule has 0 radical (unpaired) electrons. The molecule has 0 aromatic rings. The van der Waals surface area contributed by atoms with E-state index in [1.807, 2.05) is 0 Å². The van der Waals surface area contributed by atoms with Crippen molar-refractivity contribution in [3.05, 3.63) is 0 Å². The molecular formula is C10H14F6O3. The first-order chi connectivity index (χ1) is 8.33. The third-order valence-electron chi connectivity index (χ3n) is 3.01. The van der Waals surface area contributed by atoms with Gasteiger partial charge in [0.25, 0.3) is 5.60 Å². The Bertz CT molecular complexity index is 302. The lowest BCUT2D eigenvalue weighted by Gasteiger charge is -2.44. The van der Waals surface area contributed by atoms with Crippen LogP contribution in [0.1, 0.15) is 26.7 Å². The summed E-state index contributed by atoms with van der Waals surface area (Å²) in [5, 5.41) is 9.24. The molecule has 3 nitrogen and oxygen atoms in total. The van der Waals surface area contributed by atoms with Gasteiger partial charge in [0.15, 0.2) is 6.29 Å². The fourth-order valence-corrected chi connectivity index (χ4v) is 1.90. The van der Waals surface area contributed by atoms with E-state index in [9.17, 15) is 31.4 Å². The second kappa shape index (κ2) is 4.78. The van der Waals surface area contributed by atoms with Crippen molar-refractivity contribution in [2.24, 2.45) is 0 Å². The fourth-order valence-electron chi connectivity index (χ4n) is 1.90. The molecule has 1 N–H and O–H groups in total. The van der Waals surface area contributed by atoms with Gasteiger partial charge in [-0.2, -0.15) is 26.3 Å². The van der Waals surface area contributed by atoms with Crippen molar-refractivity contribution in [2.45, 2.75) is 56.5 Å². The average Bonchev–Trinajstić information content (AvgIpc) is 2.64. The summed E-state index contributed by atoms with van der Waals surface area (Å²) in [5.41, 5.74) is -7.91. The molecule has 1 saturated heterocycles. The van der Waals surface area contributed by atoms with Crippen LogP contribution in [0.3, 0.4) is 0 Å². The van der Waals surface area contributed by atoms with E-state index in [4.69, 9.17) is 9.47 Å². The quantitative estimate of drug-likeness (QED) is 0.814. The molecule has 1 heterocycles. The monoisotopic (exact) mass is 296 g/mol. The van der Waals surface area contributed by atoms with Gasteiger partial charge in [-0.3, -0.25) is 0 Å². The molecule has 1 fully saturated rings. The van der Waals surface area contributed by atoms with E-state index in [-0.39, 0.29) is 13.0 Å². The maximum absolute atomic E-state index is 12.7. The van der Waals surface area contributed by atoms with Crippen molar-refractivity contribution < 1.29 is 40.9 Å². The maximum atomic E-state index is 12.7. The van der Waals surface area contributed by atoms with Gasteiger partial charge in [-0.05, 0) is 20.3 Å². The van der Waals surface area contributed by atoms with Gasteiger partial charge in [0.2, 0.25) is 0 Å². The predicted octanol–water partition coefficient (Wildman–Crippen LogP) is 2.77. The highest BCUT2D eigenvalue weighted by Gasteiger charge is 2.78. The fraction of sp³-hybridized carbons (Fsp3) is 1.00. The normalized spacial score (nSPS) is 22.9. The Morgan fingerprint density at radius 3 is 1.84 bits per heavy atom. The molecule has 19 heavy (non-hydrogen) atoms. The number of rotatable bonds is 3. The number of aliphatic hydroxyl groups is 1. The van der Waals surface area contributed by atoms with Gasteiger partial charge in [-0.25, -0.2) is 0 Å². The number of alkyl halides is 6. The van der Waals surface area contributed by atoms with Crippen LogP contribution in [0.2, 0.25) is 0 Å². The Labute approximate surface area is 105 Å². The van der Waals surface area contributed by atoms with E-state index in [1.165, 1.54) is 0 Å². The third kappa shape index (κ3) is 2.82. The molecule has 0 amide bonds. The summed E-state index contributed by atoms with van der Waals surface area (Å²) in [4.78, 5) is 0. The lowest BCUT2D eigenvalue weighted by molar-refractivity contribution is -0.421. The first kappa shape index (κ1) is 16.5. The molecule has 0 aliphatic carbocycles. The molecule has 1 aliphatic rings. The predicted molar refractivity (Wildman–Crippen MR) is 51.2 cm³/mol. The summed E-state index contributed by atoms with van der Waals surface area (Å²) in [6, 6.07) is 0. The third-order valence-corrected chi connectivity index (χ3v) is 3.01. The van der Waals surface area contributed by atoms with Gasteiger partial charge in [-0.15, -0.1) is 0 Å². The molecule has 9 heteroatoms. The second-order valence-electron chi connectivity index (χ2n) is 4.78. The lowest BCUT2D eigenvalue weighted by Crippen LogP contribution is -2.70. The Kier molecular flexibility index (Phi) is 4.15. The molecule has 0 saturated carbocycles. The van der Waals surface area contributed by atoms with Crippen LogP contribution in [-0.4, -0.2) is 41.6 Å². The zero-order valence-electron chi connectivity index (χ0n) is 10.2. The molecule has 0 spiro atoms. The Balaban J connectivity index is 3.09. The molecule has 114 valence electrons. The van der Waals surface area contributed by atoms with Gasteiger partial charge in [0, 0.05) is 13.0 Å². The van der Waals surface area contributed by atoms with Crippen LogP contribution in [0.4, 0.5) is 26.3 Å². The number of ether oxygens (including phenoxy) is 2. The first-order valence-corrected chi connectivity index (χ1v) is 5.48. The summed E-state index contributed by atoms with van der Waals surface area (Å²) in [6.07, 6.45) is -12.4. The zero-order chi connectivity index (χ0) is 15.1. The summed E-state index contributed by atoms with van der Waals surface area (Å²) in [6.45, 7) is 1.27. The van der Waals surface area contributed by atoms with Crippen molar-refractivity contribution in [3.63, 3.8) is 0 Å². The standard InChI is InChI=1S/C10H14F6O3/c1-7(2,19-6-4-3-5-18-6)8(17,9(11,12)13)10(14,15)16/h6,17H,3-5H2,1-2H3. The highest BCUT2D eigenvalue weighted by Crippen LogP contribution is 2.51. The second-order valence-corrected chi connectivity index (χ2v) is 4.78. The minimum absolute atomic E-state index is 0.176. The molecule has 0 bridgehead atoms.